The summed E-state index contributed by atoms with van der Waals surface area (Å²) in [7, 11) is 1.64. The number of ether oxygens (including phenoxy) is 1. The molecule has 4 heterocycles. The van der Waals surface area contributed by atoms with Crippen LogP contribution in [0.2, 0.25) is 0 Å². The van der Waals surface area contributed by atoms with Crippen molar-refractivity contribution in [3.05, 3.63) is 61.8 Å². The fourth-order valence-corrected chi connectivity index (χ4v) is 4.83. The highest BCUT2D eigenvalue weighted by molar-refractivity contribution is 7.14. The lowest BCUT2D eigenvalue weighted by molar-refractivity contribution is -0.134. The van der Waals surface area contributed by atoms with Gasteiger partial charge in [0.2, 0.25) is 5.95 Å². The number of halogens is 3. The number of alkyl halides is 3. The maximum Gasteiger partial charge on any atom is 0.425 e. The third-order valence-electron chi connectivity index (χ3n) is 4.61. The van der Waals surface area contributed by atoms with Gasteiger partial charge < -0.3 is 9.64 Å². The first-order valence-corrected chi connectivity index (χ1v) is 10.6. The molecule has 11 heteroatoms. The van der Waals surface area contributed by atoms with Crippen LogP contribution in [-0.4, -0.2) is 34.7 Å². The van der Waals surface area contributed by atoms with Gasteiger partial charge in [0.25, 0.3) is 0 Å². The summed E-state index contributed by atoms with van der Waals surface area (Å²) in [6.07, 6.45) is -0.191. The van der Waals surface area contributed by atoms with Gasteiger partial charge >= 0.3 is 11.9 Å². The van der Waals surface area contributed by atoms with Crippen molar-refractivity contribution in [3.63, 3.8) is 0 Å². The van der Waals surface area contributed by atoms with E-state index in [9.17, 15) is 18.0 Å². The molecule has 0 unspecified atom stereocenters. The lowest BCUT2D eigenvalue weighted by atomic mass is 10.1. The van der Waals surface area contributed by atoms with Gasteiger partial charge in [-0.15, -0.1) is 11.3 Å². The van der Waals surface area contributed by atoms with E-state index in [2.05, 4.69) is 16.0 Å². The van der Waals surface area contributed by atoms with E-state index in [0.717, 1.165) is 22.4 Å². The summed E-state index contributed by atoms with van der Waals surface area (Å²) in [5.74, 6) is 0.317. The summed E-state index contributed by atoms with van der Waals surface area (Å²) in [6, 6.07) is 6.34. The molecule has 0 aliphatic carbocycles. The van der Waals surface area contributed by atoms with Crippen molar-refractivity contribution in [1.29, 1.82) is 0 Å². The van der Waals surface area contributed by atoms with Gasteiger partial charge in [0.15, 0.2) is 5.06 Å². The molecule has 0 spiro atoms. The molecule has 0 saturated heterocycles. The maximum absolute atomic E-state index is 12.7. The molecule has 4 rings (SSSR count). The first-order chi connectivity index (χ1) is 14.3. The van der Waals surface area contributed by atoms with Crippen LogP contribution >= 0.6 is 22.7 Å². The van der Waals surface area contributed by atoms with E-state index in [0.29, 0.717) is 35.3 Å². The highest BCUT2D eigenvalue weighted by Gasteiger charge is 2.32. The molecule has 6 nitrogen and oxygen atoms in total. The summed E-state index contributed by atoms with van der Waals surface area (Å²) >= 11 is 2.19. The number of methoxy groups -OCH3 is 1. The predicted octanol–water partition coefficient (Wildman–Crippen LogP) is 4.13. The minimum Gasteiger partial charge on any atom is -0.487 e. The van der Waals surface area contributed by atoms with E-state index in [1.165, 1.54) is 22.5 Å². The average molecular weight is 454 g/mol. The first-order valence-electron chi connectivity index (χ1n) is 9.01. The smallest absolute Gasteiger partial charge is 0.425 e. The number of hydrogen-bond donors (Lipinski definition) is 0. The summed E-state index contributed by atoms with van der Waals surface area (Å²) in [4.78, 5) is 23.4. The maximum atomic E-state index is 12.7. The van der Waals surface area contributed by atoms with Crippen LogP contribution in [0.15, 0.2) is 41.5 Å². The van der Waals surface area contributed by atoms with Crippen LogP contribution in [0.5, 0.6) is 5.06 Å². The Kier molecular flexibility index (Phi) is 5.65. The van der Waals surface area contributed by atoms with Gasteiger partial charge in [0.1, 0.15) is 11.2 Å². The van der Waals surface area contributed by atoms with Gasteiger partial charge in [0.05, 0.1) is 13.7 Å². The van der Waals surface area contributed by atoms with Crippen molar-refractivity contribution in [1.82, 2.24) is 14.5 Å². The summed E-state index contributed by atoms with van der Waals surface area (Å²) < 4.78 is 44.6. The second-order valence-electron chi connectivity index (χ2n) is 6.58. The SMILES string of the molecule is COc1ccc(C2=CCN(c3ncn(Cc4ccc(C(F)(F)F)s4)c(=O)n3)CC2)s1. The molecule has 0 saturated carbocycles. The molecule has 0 N–H and O–H groups in total. The molecule has 0 fully saturated rings. The Hall–Kier alpha value is -2.66. The molecule has 30 heavy (non-hydrogen) atoms. The second kappa shape index (κ2) is 8.23. The van der Waals surface area contributed by atoms with E-state index in [-0.39, 0.29) is 6.54 Å². The van der Waals surface area contributed by atoms with Gasteiger partial charge in [-0.2, -0.15) is 18.2 Å². The number of aromatic nitrogens is 3. The van der Waals surface area contributed by atoms with Crippen LogP contribution in [0.1, 0.15) is 21.1 Å². The van der Waals surface area contributed by atoms with E-state index >= 15 is 0 Å². The van der Waals surface area contributed by atoms with Crippen molar-refractivity contribution in [2.24, 2.45) is 0 Å². The molecule has 1 aliphatic heterocycles. The zero-order valence-electron chi connectivity index (χ0n) is 15.8. The molecular formula is C19H17F3N4O2S2. The number of hydrogen-bond acceptors (Lipinski definition) is 7. The number of nitrogens with zero attached hydrogens (tertiary/aromatic N) is 4. The number of thiophene rings is 2. The van der Waals surface area contributed by atoms with Crippen molar-refractivity contribution in [3.8, 4) is 5.06 Å². The predicted molar refractivity (Wildman–Crippen MR) is 110 cm³/mol. The summed E-state index contributed by atoms with van der Waals surface area (Å²) in [5.41, 5.74) is 0.672. The van der Waals surface area contributed by atoms with Gasteiger partial charge in [-0.25, -0.2) is 9.78 Å². The fourth-order valence-electron chi connectivity index (χ4n) is 3.07. The van der Waals surface area contributed by atoms with Crippen LogP contribution in [0.4, 0.5) is 19.1 Å². The minimum atomic E-state index is -4.39. The molecule has 158 valence electrons. The molecule has 3 aromatic rings. The molecule has 0 amide bonds. The zero-order valence-corrected chi connectivity index (χ0v) is 17.5. The van der Waals surface area contributed by atoms with Crippen molar-refractivity contribution >= 4 is 34.2 Å². The Morgan fingerprint density at radius 1 is 1.20 bits per heavy atom. The Morgan fingerprint density at radius 2 is 2.03 bits per heavy atom. The molecule has 0 bridgehead atoms. The zero-order chi connectivity index (χ0) is 21.3. The van der Waals surface area contributed by atoms with E-state index in [1.807, 2.05) is 17.0 Å². The summed E-state index contributed by atoms with van der Waals surface area (Å²) in [6.45, 7) is 1.23. The van der Waals surface area contributed by atoms with Gasteiger partial charge in [0, 0.05) is 22.8 Å². The van der Waals surface area contributed by atoms with Gasteiger partial charge in [-0.1, -0.05) is 17.4 Å². The lowest BCUT2D eigenvalue weighted by Crippen LogP contribution is -2.33. The highest BCUT2D eigenvalue weighted by Crippen LogP contribution is 2.35. The molecule has 0 atom stereocenters. The third kappa shape index (κ3) is 4.41. The molecule has 3 aromatic heterocycles. The Morgan fingerprint density at radius 3 is 2.63 bits per heavy atom. The topological polar surface area (TPSA) is 60.2 Å². The Balaban J connectivity index is 1.45. The summed E-state index contributed by atoms with van der Waals surface area (Å²) in [5, 5.41) is 0.855. The van der Waals surface area contributed by atoms with E-state index < -0.39 is 16.7 Å². The number of anilines is 1. The average Bonchev–Trinajstić information content (AvgIpc) is 3.39. The van der Waals surface area contributed by atoms with Gasteiger partial charge in [-0.3, -0.25) is 4.57 Å². The monoisotopic (exact) mass is 454 g/mol. The van der Waals surface area contributed by atoms with Gasteiger partial charge in [-0.05, 0) is 36.3 Å². The van der Waals surface area contributed by atoms with Crippen molar-refractivity contribution in [2.45, 2.75) is 19.1 Å². The van der Waals surface area contributed by atoms with Crippen LogP contribution in [0, 0.1) is 0 Å². The molecule has 0 radical (unpaired) electrons. The van der Waals surface area contributed by atoms with Crippen molar-refractivity contribution in [2.75, 3.05) is 25.1 Å². The minimum absolute atomic E-state index is 0.00409. The largest absolute Gasteiger partial charge is 0.487 e. The Bertz CT molecular complexity index is 1130. The molecule has 1 aliphatic rings. The second-order valence-corrected chi connectivity index (χ2v) is 8.79. The van der Waals surface area contributed by atoms with Crippen LogP contribution in [0.25, 0.3) is 5.57 Å². The van der Waals surface area contributed by atoms with Crippen LogP contribution in [-0.2, 0) is 12.7 Å². The van der Waals surface area contributed by atoms with Crippen LogP contribution < -0.4 is 15.3 Å². The van der Waals surface area contributed by atoms with E-state index in [4.69, 9.17) is 4.74 Å². The van der Waals surface area contributed by atoms with Crippen molar-refractivity contribution < 1.29 is 17.9 Å². The first kappa shape index (κ1) is 20.6. The van der Waals surface area contributed by atoms with Crippen LogP contribution in [0.3, 0.4) is 0 Å². The highest BCUT2D eigenvalue weighted by atomic mass is 32.1. The third-order valence-corrected chi connectivity index (χ3v) is 6.85. The molecular weight excluding hydrogens is 437 g/mol. The lowest BCUT2D eigenvalue weighted by Gasteiger charge is -2.26. The normalized spacial score (nSPS) is 14.7. The Labute approximate surface area is 177 Å². The fraction of sp³-hybridized carbons (Fsp3) is 0.316. The quantitative estimate of drug-likeness (QED) is 0.580. The van der Waals surface area contributed by atoms with E-state index in [1.54, 1.807) is 18.4 Å². The number of rotatable bonds is 5. The molecule has 0 aromatic carbocycles. The standard InChI is InChI=1S/C19H17F3N4O2S2/c1-28-16-5-3-14(30-16)12-6-8-25(9-7-12)17-23-11-26(18(27)24-17)10-13-2-4-15(29-13)19(20,21)22/h2-6,11H,7-10H2,1H3.